The quantitative estimate of drug-likeness (QED) is 0.199. The molecule has 3 aliphatic carbocycles. The summed E-state index contributed by atoms with van der Waals surface area (Å²) in [5.41, 5.74) is 1.61. The molecule has 1 heterocycles. The van der Waals surface area contributed by atoms with E-state index >= 15 is 0 Å². The Morgan fingerprint density at radius 2 is 1.71 bits per heavy atom. The van der Waals surface area contributed by atoms with Crippen LogP contribution in [0.2, 0.25) is 0 Å². The fraction of sp³-hybridized carbons (Fsp3) is 0.346. The summed E-state index contributed by atoms with van der Waals surface area (Å²) in [4.78, 5) is 36.5. The standard InChI is InChI=1S/C26H23N3O6/c1-34-21-12-16(4-9-20(21)35-14-15-2-5-17(6-3-15)29(32)33)13-27-28-24(30)22-18-7-8-19(23(22)25(28)31)26(18)10-11-26/h2-9,12-13,18-19,22-23H,10-11,14H2,1H3/b27-13-/t18-,19+,22+,23-. The van der Waals surface area contributed by atoms with Gasteiger partial charge in [0.1, 0.15) is 6.61 Å². The van der Waals surface area contributed by atoms with Crippen molar-refractivity contribution in [1.82, 2.24) is 5.01 Å². The van der Waals surface area contributed by atoms with E-state index in [4.69, 9.17) is 9.47 Å². The summed E-state index contributed by atoms with van der Waals surface area (Å²) in [6, 6.07) is 11.3. The number of ether oxygens (including phenoxy) is 2. The molecule has 1 spiro atoms. The maximum Gasteiger partial charge on any atom is 0.269 e. The Labute approximate surface area is 201 Å². The summed E-state index contributed by atoms with van der Waals surface area (Å²) in [6.07, 6.45) is 7.96. The number of nitro groups is 1. The highest BCUT2D eigenvalue weighted by Gasteiger charge is 2.73. The lowest BCUT2D eigenvalue weighted by atomic mass is 9.85. The lowest BCUT2D eigenvalue weighted by Crippen LogP contribution is -2.30. The Hall–Kier alpha value is -4.01. The third-order valence-corrected chi connectivity index (χ3v) is 7.88. The maximum absolute atomic E-state index is 13.1. The molecule has 0 unspecified atom stereocenters. The third-order valence-electron chi connectivity index (χ3n) is 7.88. The molecule has 2 aromatic rings. The van der Waals surface area contributed by atoms with Crippen LogP contribution in [0.4, 0.5) is 5.69 Å². The highest BCUT2D eigenvalue weighted by Crippen LogP contribution is 2.73. The van der Waals surface area contributed by atoms with E-state index in [1.54, 1.807) is 30.3 Å². The average Bonchev–Trinajstić information content (AvgIpc) is 3.47. The molecule has 0 N–H and O–H groups in total. The zero-order chi connectivity index (χ0) is 24.3. The first-order chi connectivity index (χ1) is 16.9. The lowest BCUT2D eigenvalue weighted by molar-refractivity contribution is -0.384. The number of hydrogen-bond donors (Lipinski definition) is 0. The number of hydrazone groups is 1. The minimum atomic E-state index is -0.450. The number of nitro benzene ring substituents is 1. The largest absolute Gasteiger partial charge is 0.493 e. The van der Waals surface area contributed by atoms with Crippen molar-refractivity contribution < 1.29 is 24.0 Å². The Balaban J connectivity index is 1.14. The summed E-state index contributed by atoms with van der Waals surface area (Å²) in [5, 5.41) is 16.1. The summed E-state index contributed by atoms with van der Waals surface area (Å²) in [5.74, 6) is 0.336. The van der Waals surface area contributed by atoms with Crippen LogP contribution >= 0.6 is 0 Å². The molecule has 35 heavy (non-hydrogen) atoms. The highest BCUT2D eigenvalue weighted by atomic mass is 16.6. The number of hydrogen-bond acceptors (Lipinski definition) is 7. The van der Waals surface area contributed by atoms with E-state index in [0.29, 0.717) is 17.1 Å². The van der Waals surface area contributed by atoms with Crippen LogP contribution in [0.15, 0.2) is 59.7 Å². The molecule has 4 aliphatic rings. The normalized spacial score (nSPS) is 27.2. The zero-order valence-electron chi connectivity index (χ0n) is 19.0. The molecule has 6 rings (SSSR count). The SMILES string of the molecule is COc1cc(/C=N\N2C(=O)[C@@H]3[C@H](C2=O)[C@@H]2C=C[C@H]3C23CC3)ccc1OCc1ccc([N+](=O)[O-])cc1. The Morgan fingerprint density at radius 1 is 1.06 bits per heavy atom. The lowest BCUT2D eigenvalue weighted by Gasteiger charge is -2.18. The van der Waals surface area contributed by atoms with Crippen molar-refractivity contribution in [2.24, 2.45) is 34.2 Å². The molecule has 2 aromatic carbocycles. The van der Waals surface area contributed by atoms with Gasteiger partial charge in [-0.3, -0.25) is 19.7 Å². The van der Waals surface area contributed by atoms with Crippen molar-refractivity contribution in [3.63, 3.8) is 0 Å². The van der Waals surface area contributed by atoms with Crippen molar-refractivity contribution in [2.45, 2.75) is 19.4 Å². The second kappa shape index (κ2) is 7.76. The van der Waals surface area contributed by atoms with Gasteiger partial charge in [0.05, 0.1) is 30.1 Å². The van der Waals surface area contributed by atoms with Gasteiger partial charge in [0.15, 0.2) is 11.5 Å². The van der Waals surface area contributed by atoms with Gasteiger partial charge in [-0.15, -0.1) is 0 Å². The summed E-state index contributed by atoms with van der Waals surface area (Å²) in [6.45, 7) is 0.208. The minimum absolute atomic E-state index is 0.0181. The van der Waals surface area contributed by atoms with Gasteiger partial charge in [-0.2, -0.15) is 10.1 Å². The number of non-ortho nitro benzene ring substituents is 1. The van der Waals surface area contributed by atoms with E-state index in [1.165, 1.54) is 25.5 Å². The monoisotopic (exact) mass is 473 g/mol. The number of nitrogens with zero attached hydrogens (tertiary/aromatic N) is 3. The molecular formula is C26H23N3O6. The van der Waals surface area contributed by atoms with Crippen LogP contribution in [-0.4, -0.2) is 35.1 Å². The third kappa shape index (κ3) is 3.25. The number of methoxy groups -OCH3 is 1. The van der Waals surface area contributed by atoms with E-state index in [9.17, 15) is 19.7 Å². The Bertz CT molecular complexity index is 1260. The number of carbonyl (C=O) groups is 2. The van der Waals surface area contributed by atoms with Crippen molar-refractivity contribution in [1.29, 1.82) is 0 Å². The second-order valence-electron chi connectivity index (χ2n) is 9.58. The number of imide groups is 1. The molecule has 2 bridgehead atoms. The van der Waals surface area contributed by atoms with Crippen LogP contribution in [0.1, 0.15) is 24.0 Å². The summed E-state index contributed by atoms with van der Waals surface area (Å²) >= 11 is 0. The van der Waals surface area contributed by atoms with Crippen LogP contribution in [0.3, 0.4) is 0 Å². The molecule has 1 saturated heterocycles. The zero-order valence-corrected chi connectivity index (χ0v) is 19.0. The molecule has 9 heteroatoms. The number of benzene rings is 2. The van der Waals surface area contributed by atoms with Crippen molar-refractivity contribution in [3.8, 4) is 11.5 Å². The van der Waals surface area contributed by atoms with Gasteiger partial charge in [-0.25, -0.2) is 0 Å². The van der Waals surface area contributed by atoms with Gasteiger partial charge >= 0.3 is 0 Å². The van der Waals surface area contributed by atoms with Crippen molar-refractivity contribution in [2.75, 3.05) is 7.11 Å². The molecular weight excluding hydrogens is 450 g/mol. The molecule has 178 valence electrons. The van der Waals surface area contributed by atoms with Crippen LogP contribution in [0.25, 0.3) is 0 Å². The molecule has 4 atom stereocenters. The molecule has 1 aliphatic heterocycles. The van der Waals surface area contributed by atoms with Gasteiger partial charge in [0.25, 0.3) is 17.5 Å². The van der Waals surface area contributed by atoms with Gasteiger partial charge < -0.3 is 9.47 Å². The van der Waals surface area contributed by atoms with Crippen LogP contribution in [0.5, 0.6) is 11.5 Å². The first-order valence-corrected chi connectivity index (χ1v) is 11.6. The molecule has 3 fully saturated rings. The van der Waals surface area contributed by atoms with E-state index in [-0.39, 0.29) is 53.2 Å². The Kier molecular flexibility index (Phi) is 4.77. The van der Waals surface area contributed by atoms with E-state index < -0.39 is 4.92 Å². The smallest absolute Gasteiger partial charge is 0.269 e. The number of fused-ring (bicyclic) bond motifs is 3. The molecule has 0 radical (unpaired) electrons. The average molecular weight is 473 g/mol. The van der Waals surface area contributed by atoms with Crippen molar-refractivity contribution >= 4 is 23.7 Å². The van der Waals surface area contributed by atoms with Gasteiger partial charge in [-0.05, 0) is 71.6 Å². The topological polar surface area (TPSA) is 111 Å². The summed E-state index contributed by atoms with van der Waals surface area (Å²) in [7, 11) is 1.51. The van der Waals surface area contributed by atoms with Crippen LogP contribution < -0.4 is 9.47 Å². The highest BCUT2D eigenvalue weighted by molar-refractivity contribution is 6.07. The number of rotatable bonds is 7. The van der Waals surface area contributed by atoms with Gasteiger partial charge in [-0.1, -0.05) is 12.2 Å². The van der Waals surface area contributed by atoms with Gasteiger partial charge in [0, 0.05) is 12.1 Å². The van der Waals surface area contributed by atoms with E-state index in [0.717, 1.165) is 23.4 Å². The first-order valence-electron chi connectivity index (χ1n) is 11.6. The molecule has 0 aromatic heterocycles. The second-order valence-corrected chi connectivity index (χ2v) is 9.58. The Morgan fingerprint density at radius 3 is 2.29 bits per heavy atom. The molecule has 9 nitrogen and oxygen atoms in total. The predicted molar refractivity (Wildman–Crippen MR) is 125 cm³/mol. The number of carbonyl (C=O) groups excluding carboxylic acids is 2. The molecule has 2 saturated carbocycles. The van der Waals surface area contributed by atoms with Crippen LogP contribution in [-0.2, 0) is 16.2 Å². The van der Waals surface area contributed by atoms with E-state index in [1.807, 2.05) is 0 Å². The predicted octanol–water partition coefficient (Wildman–Crippen LogP) is 3.71. The number of amides is 2. The minimum Gasteiger partial charge on any atom is -0.493 e. The summed E-state index contributed by atoms with van der Waals surface area (Å²) < 4.78 is 11.3. The fourth-order valence-electron chi connectivity index (χ4n) is 6.06. The first kappa shape index (κ1) is 21.5. The fourth-order valence-corrected chi connectivity index (χ4v) is 6.06. The van der Waals surface area contributed by atoms with E-state index in [2.05, 4.69) is 17.3 Å². The molecule has 2 amide bonds. The maximum atomic E-state index is 13.1. The van der Waals surface area contributed by atoms with Gasteiger partial charge in [0.2, 0.25) is 0 Å². The van der Waals surface area contributed by atoms with Crippen LogP contribution in [0, 0.1) is 39.2 Å². The number of allylic oxidation sites excluding steroid dienone is 2. The van der Waals surface area contributed by atoms with Crippen molar-refractivity contribution in [3.05, 3.63) is 75.9 Å².